The lowest BCUT2D eigenvalue weighted by Crippen LogP contribution is -2.20. The molecule has 0 radical (unpaired) electrons. The summed E-state index contributed by atoms with van der Waals surface area (Å²) < 4.78 is 5.10. The van der Waals surface area contributed by atoms with Crippen molar-refractivity contribution < 1.29 is 7.59 Å². The van der Waals surface area contributed by atoms with Crippen molar-refractivity contribution in [3.63, 3.8) is 0 Å². The zero-order valence-corrected chi connectivity index (χ0v) is 8.02. The number of likely N-dealkylation sites (N-methyl/N-ethyl adjacent to an activating group) is 1. The van der Waals surface area contributed by atoms with Gasteiger partial charge in [0.25, 0.3) is 0 Å². The third kappa shape index (κ3) is 17.7. The highest BCUT2D eigenvalue weighted by Crippen LogP contribution is 1.68. The van der Waals surface area contributed by atoms with E-state index in [1.807, 2.05) is 13.8 Å². The van der Waals surface area contributed by atoms with Gasteiger partial charge in [-0.25, -0.2) is 0 Å². The maximum Gasteiger partial charge on any atom is 0.0591 e. The van der Waals surface area contributed by atoms with Crippen molar-refractivity contribution >= 4 is 0 Å². The van der Waals surface area contributed by atoms with Crippen LogP contribution in [0.25, 0.3) is 0 Å². The summed E-state index contributed by atoms with van der Waals surface area (Å²) in [4.78, 5) is 0. The third-order valence-electron chi connectivity index (χ3n) is 0.935. The van der Waals surface area contributed by atoms with E-state index in [1.54, 1.807) is 0 Å². The van der Waals surface area contributed by atoms with Crippen LogP contribution in [0.3, 0.4) is 0 Å². The van der Waals surface area contributed by atoms with E-state index in [4.69, 9.17) is 10.5 Å². The summed E-state index contributed by atoms with van der Waals surface area (Å²) in [5, 5.41) is 3.14. The normalized spacial score (nSPS) is 8.73. The number of nitrogens with two attached hydrogens (primary N) is 1. The molecule has 0 amide bonds. The maximum atomic E-state index is 5.20. The fourth-order valence-electron chi connectivity index (χ4n) is 0.507. The molecule has 0 bridgehead atoms. The lowest BCUT2D eigenvalue weighted by atomic mass is 10.6. The third-order valence-corrected chi connectivity index (χ3v) is 0.935. The molecule has 0 atom stereocenters. The van der Waals surface area contributed by atoms with Gasteiger partial charge in [-0.15, -0.1) is 0 Å². The second-order valence-electron chi connectivity index (χ2n) is 1.75. The summed E-state index contributed by atoms with van der Waals surface area (Å²) >= 11 is 0. The minimum Gasteiger partial charge on any atom is -0.379 e. The molecule has 3 N–H and O–H groups in total. The number of hydrogen-bond donors (Lipinski definition) is 2. The Kier molecular flexibility index (Phi) is 20.2. The van der Waals surface area contributed by atoms with E-state index >= 15 is 0 Å². The minimum absolute atomic E-state index is 0. The summed E-state index contributed by atoms with van der Waals surface area (Å²) in [7, 11) is 0. The minimum atomic E-state index is 0. The molecule has 0 unspecified atom stereocenters. The lowest BCUT2D eigenvalue weighted by molar-refractivity contribution is 0.143. The molecule has 0 aromatic heterocycles. The second-order valence-corrected chi connectivity index (χ2v) is 1.75. The van der Waals surface area contributed by atoms with Crippen molar-refractivity contribution in [2.24, 2.45) is 5.73 Å². The molecular weight excluding hydrogens is 140 g/mol. The summed E-state index contributed by atoms with van der Waals surface area (Å²) in [6.45, 7) is 10.1. The smallest absolute Gasteiger partial charge is 0.0591 e. The first-order valence-corrected chi connectivity index (χ1v) is 4.40. The predicted octanol–water partition coefficient (Wildman–Crippen LogP) is 1.09. The SMILES string of the molecule is CC.CCNCCOCCN.[HH].[HH]. The van der Waals surface area contributed by atoms with Gasteiger partial charge >= 0.3 is 0 Å². The fraction of sp³-hybridized carbons (Fsp3) is 1.00. The standard InChI is InChI=1S/C6H16N2O.C2H6.2H2/c1-2-8-4-6-9-5-3-7;1-2;;/h8H,2-7H2,1H3;1-2H3;2*1H. The molecule has 0 rings (SSSR count). The van der Waals surface area contributed by atoms with Crippen LogP contribution in [0.1, 0.15) is 23.6 Å². The van der Waals surface area contributed by atoms with Gasteiger partial charge in [-0.05, 0) is 6.54 Å². The van der Waals surface area contributed by atoms with E-state index in [0.29, 0.717) is 13.2 Å². The molecule has 0 saturated carbocycles. The number of ether oxygens (including phenoxy) is 1. The van der Waals surface area contributed by atoms with Gasteiger partial charge in [-0.2, -0.15) is 0 Å². The van der Waals surface area contributed by atoms with Gasteiger partial charge in [0.15, 0.2) is 0 Å². The Morgan fingerprint density at radius 1 is 1.36 bits per heavy atom. The van der Waals surface area contributed by atoms with Crippen LogP contribution in [0.2, 0.25) is 0 Å². The zero-order chi connectivity index (χ0) is 8.95. The molecule has 0 heterocycles. The predicted molar refractivity (Wildman–Crippen MR) is 54.0 cm³/mol. The average molecular weight is 166 g/mol. The fourth-order valence-corrected chi connectivity index (χ4v) is 0.507. The Labute approximate surface area is 73.3 Å². The zero-order valence-electron chi connectivity index (χ0n) is 8.02. The first kappa shape index (κ1) is 13.5. The second kappa shape index (κ2) is 16.5. The Morgan fingerprint density at radius 2 is 2.00 bits per heavy atom. The molecule has 0 aliphatic carbocycles. The monoisotopic (exact) mass is 166 g/mol. The summed E-state index contributed by atoms with van der Waals surface area (Å²) in [5.41, 5.74) is 5.20. The van der Waals surface area contributed by atoms with E-state index in [9.17, 15) is 0 Å². The van der Waals surface area contributed by atoms with E-state index in [2.05, 4.69) is 12.2 Å². The molecule has 0 aliphatic rings. The van der Waals surface area contributed by atoms with Crippen molar-refractivity contribution in [3.05, 3.63) is 0 Å². The first-order valence-electron chi connectivity index (χ1n) is 4.40. The van der Waals surface area contributed by atoms with E-state index in [0.717, 1.165) is 19.7 Å². The van der Waals surface area contributed by atoms with Crippen LogP contribution in [0.4, 0.5) is 0 Å². The molecule has 0 aliphatic heterocycles. The Balaban J connectivity index is -0.0000000941. The molecule has 3 heteroatoms. The lowest BCUT2D eigenvalue weighted by Gasteiger charge is -2.01. The van der Waals surface area contributed by atoms with Crippen LogP contribution in [0.5, 0.6) is 0 Å². The molecule has 0 aromatic carbocycles. The molecule has 0 saturated heterocycles. The Hall–Kier alpha value is -0.120. The van der Waals surface area contributed by atoms with Gasteiger partial charge < -0.3 is 15.8 Å². The molecule has 0 spiro atoms. The quantitative estimate of drug-likeness (QED) is 0.581. The van der Waals surface area contributed by atoms with Crippen LogP contribution < -0.4 is 11.1 Å². The Morgan fingerprint density at radius 3 is 2.45 bits per heavy atom. The highest BCUT2D eigenvalue weighted by molar-refractivity contribution is 4.39. The molecule has 0 fully saturated rings. The van der Waals surface area contributed by atoms with Crippen LogP contribution >= 0.6 is 0 Å². The number of nitrogens with one attached hydrogen (secondary N) is 1. The van der Waals surface area contributed by atoms with Crippen LogP contribution in [-0.2, 0) is 4.74 Å². The van der Waals surface area contributed by atoms with Crippen LogP contribution in [-0.4, -0.2) is 32.8 Å². The molecular formula is C8H26N2O. The molecule has 0 aromatic rings. The molecule has 11 heavy (non-hydrogen) atoms. The van der Waals surface area contributed by atoms with Crippen LogP contribution in [0, 0.1) is 0 Å². The van der Waals surface area contributed by atoms with Gasteiger partial charge in [0, 0.05) is 15.9 Å². The Bertz CT molecular complexity index is 53.4. The summed E-state index contributed by atoms with van der Waals surface area (Å²) in [6.07, 6.45) is 0. The van der Waals surface area contributed by atoms with Crippen molar-refractivity contribution in [2.45, 2.75) is 20.8 Å². The largest absolute Gasteiger partial charge is 0.379 e. The topological polar surface area (TPSA) is 47.3 Å². The van der Waals surface area contributed by atoms with Crippen molar-refractivity contribution in [1.29, 1.82) is 0 Å². The molecule has 3 nitrogen and oxygen atoms in total. The van der Waals surface area contributed by atoms with Crippen molar-refractivity contribution in [2.75, 3.05) is 32.8 Å². The number of hydrogen-bond acceptors (Lipinski definition) is 3. The van der Waals surface area contributed by atoms with Gasteiger partial charge in [0.05, 0.1) is 13.2 Å². The van der Waals surface area contributed by atoms with Crippen LogP contribution in [0.15, 0.2) is 0 Å². The first-order chi connectivity index (χ1) is 5.41. The van der Waals surface area contributed by atoms with Gasteiger partial charge in [-0.1, -0.05) is 20.8 Å². The van der Waals surface area contributed by atoms with Gasteiger partial charge in [0.2, 0.25) is 0 Å². The van der Waals surface area contributed by atoms with Crippen molar-refractivity contribution in [1.82, 2.24) is 5.32 Å². The summed E-state index contributed by atoms with van der Waals surface area (Å²) in [6, 6.07) is 0. The average Bonchev–Trinajstić information content (AvgIpc) is 2.08. The number of rotatable bonds is 6. The van der Waals surface area contributed by atoms with E-state index in [1.165, 1.54) is 0 Å². The van der Waals surface area contributed by atoms with E-state index in [-0.39, 0.29) is 2.85 Å². The highest BCUT2D eigenvalue weighted by Gasteiger charge is 1.83. The van der Waals surface area contributed by atoms with Gasteiger partial charge in [0.1, 0.15) is 0 Å². The van der Waals surface area contributed by atoms with Crippen molar-refractivity contribution in [3.8, 4) is 0 Å². The molecule has 74 valence electrons. The maximum absolute atomic E-state index is 5.20. The van der Waals surface area contributed by atoms with Gasteiger partial charge in [-0.3, -0.25) is 0 Å². The highest BCUT2D eigenvalue weighted by atomic mass is 16.5. The van der Waals surface area contributed by atoms with E-state index < -0.39 is 0 Å². The summed E-state index contributed by atoms with van der Waals surface area (Å²) in [5.74, 6) is 0.